The third kappa shape index (κ3) is 3.80. The van der Waals surface area contributed by atoms with Gasteiger partial charge >= 0.3 is 5.97 Å². The zero-order valence-corrected chi connectivity index (χ0v) is 14.2. The van der Waals surface area contributed by atoms with Gasteiger partial charge in [-0.2, -0.15) is 5.26 Å². The molecule has 0 radical (unpaired) electrons. The van der Waals surface area contributed by atoms with Crippen molar-refractivity contribution in [3.05, 3.63) is 51.9 Å². The van der Waals surface area contributed by atoms with Crippen LogP contribution in [0, 0.1) is 24.2 Å². The molecule has 1 saturated carbocycles. The molecular weight excluding hydrogens is 316 g/mol. The van der Waals surface area contributed by atoms with Gasteiger partial charge in [0.2, 0.25) is 0 Å². The van der Waals surface area contributed by atoms with Gasteiger partial charge in [0.1, 0.15) is 17.4 Å². The van der Waals surface area contributed by atoms with Gasteiger partial charge in [0, 0.05) is 11.3 Å². The molecule has 25 heavy (non-hydrogen) atoms. The monoisotopic (exact) mass is 336 g/mol. The minimum absolute atomic E-state index is 0.00560. The summed E-state index contributed by atoms with van der Waals surface area (Å²) in [4.78, 5) is 26.7. The van der Waals surface area contributed by atoms with Crippen LogP contribution in [0.3, 0.4) is 0 Å². The lowest BCUT2D eigenvalue weighted by molar-refractivity contribution is -0.139. The second kappa shape index (κ2) is 7.35. The molecule has 1 aromatic heterocycles. The number of aromatic amines is 1. The largest absolute Gasteiger partial charge is 0.426 e. The number of rotatable bonds is 3. The Kier molecular flexibility index (Phi) is 4.99. The summed E-state index contributed by atoms with van der Waals surface area (Å²) < 4.78 is 5.48. The van der Waals surface area contributed by atoms with Crippen molar-refractivity contribution in [2.24, 2.45) is 5.92 Å². The highest BCUT2D eigenvalue weighted by atomic mass is 16.5. The van der Waals surface area contributed by atoms with E-state index in [1.807, 2.05) is 6.07 Å². The van der Waals surface area contributed by atoms with Crippen LogP contribution in [-0.4, -0.2) is 11.0 Å². The Balaban J connectivity index is 1.80. The van der Waals surface area contributed by atoms with E-state index >= 15 is 0 Å². The van der Waals surface area contributed by atoms with Gasteiger partial charge in [0.25, 0.3) is 5.56 Å². The highest BCUT2D eigenvalue weighted by Crippen LogP contribution is 2.27. The Morgan fingerprint density at radius 1 is 1.20 bits per heavy atom. The fraction of sp³-hybridized carbons (Fsp3) is 0.350. The summed E-state index contributed by atoms with van der Waals surface area (Å²) in [6.07, 6.45) is 5.15. The molecule has 1 N–H and O–H groups in total. The van der Waals surface area contributed by atoms with Gasteiger partial charge in [0.05, 0.1) is 5.92 Å². The van der Waals surface area contributed by atoms with Crippen LogP contribution in [0.1, 0.15) is 43.4 Å². The summed E-state index contributed by atoms with van der Waals surface area (Å²) in [5.41, 5.74) is 1.69. The molecule has 1 aromatic carbocycles. The zero-order valence-electron chi connectivity index (χ0n) is 14.2. The van der Waals surface area contributed by atoms with E-state index in [4.69, 9.17) is 4.74 Å². The number of aryl methyl sites for hydroxylation is 1. The van der Waals surface area contributed by atoms with Crippen molar-refractivity contribution in [3.8, 4) is 22.9 Å². The van der Waals surface area contributed by atoms with Crippen LogP contribution in [0.15, 0.2) is 35.1 Å². The van der Waals surface area contributed by atoms with Crippen molar-refractivity contribution in [2.45, 2.75) is 39.0 Å². The van der Waals surface area contributed by atoms with Crippen LogP contribution < -0.4 is 10.3 Å². The normalized spacial score (nSPS) is 14.7. The highest BCUT2D eigenvalue weighted by molar-refractivity contribution is 5.76. The molecule has 0 amide bonds. The average molecular weight is 336 g/mol. The first kappa shape index (κ1) is 17.0. The molecule has 1 aliphatic carbocycles. The van der Waals surface area contributed by atoms with Crippen molar-refractivity contribution >= 4 is 5.97 Å². The molecule has 1 aliphatic rings. The van der Waals surface area contributed by atoms with Crippen LogP contribution in [0.5, 0.6) is 5.75 Å². The molecule has 0 unspecified atom stereocenters. The Labute approximate surface area is 146 Å². The highest BCUT2D eigenvalue weighted by Gasteiger charge is 2.23. The van der Waals surface area contributed by atoms with Crippen molar-refractivity contribution in [2.75, 3.05) is 0 Å². The third-order valence-electron chi connectivity index (χ3n) is 4.60. The van der Waals surface area contributed by atoms with Crippen molar-refractivity contribution in [1.82, 2.24) is 4.98 Å². The number of hydrogen-bond donors (Lipinski definition) is 1. The number of pyridine rings is 1. The van der Waals surface area contributed by atoms with Crippen molar-refractivity contribution < 1.29 is 9.53 Å². The molecule has 0 spiro atoms. The van der Waals surface area contributed by atoms with E-state index in [2.05, 4.69) is 4.98 Å². The minimum atomic E-state index is -0.398. The maximum absolute atomic E-state index is 12.2. The summed E-state index contributed by atoms with van der Waals surface area (Å²) in [5.74, 6) is 0.311. The van der Waals surface area contributed by atoms with E-state index in [0.29, 0.717) is 17.0 Å². The van der Waals surface area contributed by atoms with Gasteiger partial charge in [-0.1, -0.05) is 31.4 Å². The van der Waals surface area contributed by atoms with Gasteiger partial charge in [-0.3, -0.25) is 9.59 Å². The first-order valence-corrected chi connectivity index (χ1v) is 8.54. The van der Waals surface area contributed by atoms with Crippen LogP contribution >= 0.6 is 0 Å². The van der Waals surface area contributed by atoms with Crippen LogP contribution in [0.25, 0.3) is 11.1 Å². The number of ether oxygens (including phenoxy) is 1. The molecule has 0 saturated heterocycles. The molecule has 0 aliphatic heterocycles. The van der Waals surface area contributed by atoms with E-state index < -0.39 is 5.56 Å². The smallest absolute Gasteiger partial charge is 0.314 e. The maximum Gasteiger partial charge on any atom is 0.314 e. The number of aromatic nitrogens is 1. The Hall–Kier alpha value is -2.87. The van der Waals surface area contributed by atoms with E-state index in [0.717, 1.165) is 31.2 Å². The molecule has 0 atom stereocenters. The number of carbonyl (C=O) groups excluding carboxylic acids is 1. The number of hydrogen-bond acceptors (Lipinski definition) is 4. The molecule has 5 nitrogen and oxygen atoms in total. The van der Waals surface area contributed by atoms with Crippen molar-refractivity contribution in [3.63, 3.8) is 0 Å². The Morgan fingerprint density at radius 2 is 1.88 bits per heavy atom. The zero-order chi connectivity index (χ0) is 17.8. The second-order valence-electron chi connectivity index (χ2n) is 6.46. The average Bonchev–Trinajstić information content (AvgIpc) is 2.62. The molecule has 1 fully saturated rings. The van der Waals surface area contributed by atoms with Gasteiger partial charge in [-0.05, 0) is 43.5 Å². The molecular formula is C20H20N2O3. The minimum Gasteiger partial charge on any atom is -0.426 e. The summed E-state index contributed by atoms with van der Waals surface area (Å²) in [7, 11) is 0. The molecule has 0 bridgehead atoms. The maximum atomic E-state index is 12.2. The molecule has 2 aromatic rings. The number of benzene rings is 1. The lowest BCUT2D eigenvalue weighted by Gasteiger charge is -2.19. The predicted octanol–water partition coefficient (Wildman–Crippen LogP) is 3.71. The molecule has 3 rings (SSSR count). The summed E-state index contributed by atoms with van der Waals surface area (Å²) in [6, 6.07) is 10.6. The third-order valence-corrected chi connectivity index (χ3v) is 4.60. The van der Waals surface area contributed by atoms with Gasteiger partial charge in [-0.15, -0.1) is 0 Å². The number of nitrogens with one attached hydrogen (secondary N) is 1. The van der Waals surface area contributed by atoms with Crippen LogP contribution in [0.4, 0.5) is 0 Å². The summed E-state index contributed by atoms with van der Waals surface area (Å²) >= 11 is 0. The topological polar surface area (TPSA) is 82.9 Å². The number of carbonyl (C=O) groups is 1. The Morgan fingerprint density at radius 3 is 2.52 bits per heavy atom. The first-order chi connectivity index (χ1) is 12.1. The quantitative estimate of drug-likeness (QED) is 0.684. The lowest BCUT2D eigenvalue weighted by Crippen LogP contribution is -2.22. The summed E-state index contributed by atoms with van der Waals surface area (Å²) in [5, 5.41) is 9.23. The predicted molar refractivity (Wildman–Crippen MR) is 94.2 cm³/mol. The van der Waals surface area contributed by atoms with Crippen molar-refractivity contribution in [1.29, 1.82) is 5.26 Å². The number of H-pyrrole nitrogens is 1. The molecule has 5 heteroatoms. The fourth-order valence-corrected chi connectivity index (χ4v) is 3.27. The molecule has 1 heterocycles. The number of nitriles is 1. The summed E-state index contributed by atoms with van der Waals surface area (Å²) in [6.45, 7) is 1.77. The van der Waals surface area contributed by atoms with E-state index in [1.54, 1.807) is 37.3 Å². The van der Waals surface area contributed by atoms with E-state index in [9.17, 15) is 14.9 Å². The number of esters is 1. The van der Waals surface area contributed by atoms with Gasteiger partial charge in [-0.25, -0.2) is 0 Å². The van der Waals surface area contributed by atoms with Gasteiger partial charge < -0.3 is 9.72 Å². The molecule has 128 valence electrons. The standard InChI is InChI=1S/C20H20N2O3/c1-13-11-17(18(12-21)19(23)22-13)14-7-9-16(10-8-14)25-20(24)15-5-3-2-4-6-15/h7-11,15H,2-6H2,1H3,(H,22,23). The Bertz CT molecular complexity index is 869. The second-order valence-corrected chi connectivity index (χ2v) is 6.46. The van der Waals surface area contributed by atoms with Gasteiger partial charge in [0.15, 0.2) is 0 Å². The number of nitrogens with zero attached hydrogens (tertiary/aromatic N) is 1. The van der Waals surface area contributed by atoms with E-state index in [-0.39, 0.29) is 17.5 Å². The first-order valence-electron chi connectivity index (χ1n) is 8.54. The lowest BCUT2D eigenvalue weighted by atomic mass is 9.89. The van der Waals surface area contributed by atoms with E-state index in [1.165, 1.54) is 6.42 Å². The SMILES string of the molecule is Cc1cc(-c2ccc(OC(=O)C3CCCCC3)cc2)c(C#N)c(=O)[nH]1. The fourth-order valence-electron chi connectivity index (χ4n) is 3.27. The van der Waals surface area contributed by atoms with Crippen LogP contribution in [-0.2, 0) is 4.79 Å². The van der Waals surface area contributed by atoms with Crippen LogP contribution in [0.2, 0.25) is 0 Å².